The Balaban J connectivity index is 2.54. The minimum absolute atomic E-state index is 0.00901. The average Bonchev–Trinajstić information content (AvgIpc) is 2.52. The van der Waals surface area contributed by atoms with Crippen LogP contribution in [0.3, 0.4) is 0 Å². The lowest BCUT2D eigenvalue weighted by molar-refractivity contribution is -0.140. The fourth-order valence-corrected chi connectivity index (χ4v) is 2.09. The van der Waals surface area contributed by atoms with Gasteiger partial charge in [-0.2, -0.15) is 0 Å². The number of nitrogens with one attached hydrogen (secondary N) is 1. The largest absolute Gasteiger partial charge is 0.481 e. The van der Waals surface area contributed by atoms with Gasteiger partial charge in [0.2, 0.25) is 10.0 Å². The van der Waals surface area contributed by atoms with Crippen LogP contribution in [0.4, 0.5) is 0 Å². The molecule has 2 atom stereocenters. The van der Waals surface area contributed by atoms with Gasteiger partial charge in [0.15, 0.2) is 0 Å². The molecule has 6 heteroatoms. The van der Waals surface area contributed by atoms with Crippen LogP contribution in [-0.4, -0.2) is 31.3 Å². The van der Waals surface area contributed by atoms with E-state index in [1.54, 1.807) is 6.08 Å². The summed E-state index contributed by atoms with van der Waals surface area (Å²) in [5, 5.41) is 8.66. The molecule has 0 aromatic heterocycles. The van der Waals surface area contributed by atoms with Crippen molar-refractivity contribution < 1.29 is 18.3 Å². The van der Waals surface area contributed by atoms with Crippen molar-refractivity contribution in [1.82, 2.24) is 4.72 Å². The fourth-order valence-electron chi connectivity index (χ4n) is 1.28. The van der Waals surface area contributed by atoms with E-state index in [1.807, 2.05) is 0 Å². The van der Waals surface area contributed by atoms with Gasteiger partial charge in [0.25, 0.3) is 0 Å². The maximum absolute atomic E-state index is 11.1. The Bertz CT molecular complexity index is 346. The molecule has 0 aromatic rings. The summed E-state index contributed by atoms with van der Waals surface area (Å²) in [6, 6.07) is -0.374. The van der Waals surface area contributed by atoms with E-state index < -0.39 is 21.9 Å². The normalized spacial score (nSPS) is 26.6. The number of rotatable bonds is 4. The number of carboxylic acid groups (broad SMARTS) is 1. The maximum atomic E-state index is 11.1. The number of hydrogen-bond donors (Lipinski definition) is 2. The third-order valence-electron chi connectivity index (χ3n) is 2.11. The van der Waals surface area contributed by atoms with Crippen molar-refractivity contribution in [3.8, 4) is 0 Å². The molecule has 2 N–H and O–H groups in total. The number of sulfonamides is 1. The first-order valence-corrected chi connectivity index (χ1v) is 6.01. The number of hydrogen-bond acceptors (Lipinski definition) is 3. The van der Waals surface area contributed by atoms with Gasteiger partial charge in [-0.15, -0.1) is 0 Å². The van der Waals surface area contributed by atoms with Gasteiger partial charge in [-0.1, -0.05) is 12.2 Å². The molecule has 1 aliphatic rings. The Morgan fingerprint density at radius 2 is 2.21 bits per heavy atom. The Labute approximate surface area is 82.9 Å². The van der Waals surface area contributed by atoms with E-state index in [-0.39, 0.29) is 11.8 Å². The maximum Gasteiger partial charge on any atom is 0.310 e. The summed E-state index contributed by atoms with van der Waals surface area (Å²) in [7, 11) is -3.25. The highest BCUT2D eigenvalue weighted by Crippen LogP contribution is 2.18. The molecule has 0 fully saturated rings. The molecule has 80 valence electrons. The molecule has 1 rings (SSSR count). The summed E-state index contributed by atoms with van der Waals surface area (Å²) in [6.45, 7) is 1.54. The van der Waals surface area contributed by atoms with Crippen molar-refractivity contribution in [2.45, 2.75) is 19.4 Å². The molecule has 5 nitrogen and oxygen atoms in total. The molecule has 0 spiro atoms. The van der Waals surface area contributed by atoms with E-state index in [1.165, 1.54) is 13.0 Å². The molecule has 0 aliphatic heterocycles. The van der Waals surface area contributed by atoms with E-state index in [2.05, 4.69) is 4.72 Å². The monoisotopic (exact) mass is 219 g/mol. The first-order valence-electron chi connectivity index (χ1n) is 4.35. The van der Waals surface area contributed by atoms with Gasteiger partial charge in [-0.05, 0) is 13.3 Å². The van der Waals surface area contributed by atoms with Gasteiger partial charge in [0.1, 0.15) is 0 Å². The van der Waals surface area contributed by atoms with Crippen LogP contribution in [0.25, 0.3) is 0 Å². The predicted octanol–water partition coefficient (Wildman–Crippen LogP) is -0.0450. The Hall–Kier alpha value is -0.880. The van der Waals surface area contributed by atoms with Crippen molar-refractivity contribution in [3.63, 3.8) is 0 Å². The summed E-state index contributed by atoms with van der Waals surface area (Å²) >= 11 is 0. The second kappa shape index (κ2) is 4.10. The highest BCUT2D eigenvalue weighted by atomic mass is 32.2. The molecule has 0 heterocycles. The van der Waals surface area contributed by atoms with Crippen molar-refractivity contribution in [3.05, 3.63) is 12.2 Å². The first-order chi connectivity index (χ1) is 6.44. The Kier molecular flexibility index (Phi) is 3.28. The summed E-state index contributed by atoms with van der Waals surface area (Å²) in [4.78, 5) is 10.6. The highest BCUT2D eigenvalue weighted by Gasteiger charge is 2.26. The minimum Gasteiger partial charge on any atom is -0.481 e. The second-order valence-corrected chi connectivity index (χ2v) is 5.24. The molecule has 1 aliphatic carbocycles. The molecular weight excluding hydrogens is 206 g/mol. The molecule has 0 amide bonds. The van der Waals surface area contributed by atoms with Gasteiger partial charge in [-0.3, -0.25) is 4.79 Å². The van der Waals surface area contributed by atoms with Crippen LogP contribution in [0, 0.1) is 5.92 Å². The molecule has 0 saturated carbocycles. The highest BCUT2D eigenvalue weighted by molar-refractivity contribution is 7.89. The summed E-state index contributed by atoms with van der Waals surface area (Å²) in [5.74, 6) is -1.48. The predicted molar refractivity (Wildman–Crippen MR) is 51.3 cm³/mol. The topological polar surface area (TPSA) is 83.5 Å². The standard InChI is InChI=1S/C8H13NO4S/c1-2-14(12,13)9-7-4-3-6(5-7)8(10)11/h3-4,6-7,9H,2,5H2,1H3,(H,10,11). The second-order valence-electron chi connectivity index (χ2n) is 3.19. The van der Waals surface area contributed by atoms with Crippen LogP contribution < -0.4 is 4.72 Å². The van der Waals surface area contributed by atoms with Crippen molar-refractivity contribution >= 4 is 16.0 Å². The van der Waals surface area contributed by atoms with E-state index >= 15 is 0 Å². The Morgan fingerprint density at radius 3 is 2.64 bits per heavy atom. The quantitative estimate of drug-likeness (QED) is 0.650. The van der Waals surface area contributed by atoms with Gasteiger partial charge in [-0.25, -0.2) is 13.1 Å². The van der Waals surface area contributed by atoms with Crippen LogP contribution in [-0.2, 0) is 14.8 Å². The zero-order valence-corrected chi connectivity index (χ0v) is 8.62. The summed E-state index contributed by atoms with van der Waals surface area (Å²) < 4.78 is 24.7. The van der Waals surface area contributed by atoms with E-state index in [4.69, 9.17) is 5.11 Å². The number of carboxylic acids is 1. The summed E-state index contributed by atoms with van der Waals surface area (Å²) in [5.41, 5.74) is 0. The van der Waals surface area contributed by atoms with Crippen LogP contribution in [0.15, 0.2) is 12.2 Å². The third kappa shape index (κ3) is 2.81. The molecule has 14 heavy (non-hydrogen) atoms. The van der Waals surface area contributed by atoms with Crippen LogP contribution in [0.2, 0.25) is 0 Å². The van der Waals surface area contributed by atoms with Crippen LogP contribution in [0.1, 0.15) is 13.3 Å². The molecule has 0 aromatic carbocycles. The molecular formula is C8H13NO4S. The number of aliphatic carboxylic acids is 1. The number of carbonyl (C=O) groups is 1. The van der Waals surface area contributed by atoms with Gasteiger partial charge in [0, 0.05) is 6.04 Å². The first kappa shape index (κ1) is 11.2. The molecule has 0 saturated heterocycles. The van der Waals surface area contributed by atoms with Gasteiger partial charge in [0.05, 0.1) is 11.7 Å². The van der Waals surface area contributed by atoms with E-state index in [0.29, 0.717) is 6.42 Å². The lowest BCUT2D eigenvalue weighted by Crippen LogP contribution is -2.34. The van der Waals surface area contributed by atoms with Crippen LogP contribution in [0.5, 0.6) is 0 Å². The van der Waals surface area contributed by atoms with Gasteiger partial charge < -0.3 is 5.11 Å². The average molecular weight is 219 g/mol. The van der Waals surface area contributed by atoms with E-state index in [9.17, 15) is 13.2 Å². The van der Waals surface area contributed by atoms with Crippen molar-refractivity contribution in [2.75, 3.05) is 5.75 Å². The van der Waals surface area contributed by atoms with Gasteiger partial charge >= 0.3 is 5.97 Å². The van der Waals surface area contributed by atoms with Crippen molar-refractivity contribution in [1.29, 1.82) is 0 Å². The van der Waals surface area contributed by atoms with E-state index in [0.717, 1.165) is 0 Å². The Morgan fingerprint density at radius 1 is 1.57 bits per heavy atom. The third-order valence-corrected chi connectivity index (χ3v) is 3.53. The zero-order valence-electron chi connectivity index (χ0n) is 7.80. The lowest BCUT2D eigenvalue weighted by atomic mass is 10.1. The van der Waals surface area contributed by atoms with Crippen LogP contribution >= 0.6 is 0 Å². The SMILES string of the molecule is CCS(=O)(=O)NC1C=CC(C(=O)O)C1. The fraction of sp³-hybridized carbons (Fsp3) is 0.625. The lowest BCUT2D eigenvalue weighted by Gasteiger charge is -2.10. The smallest absolute Gasteiger partial charge is 0.310 e. The molecule has 0 bridgehead atoms. The zero-order chi connectivity index (χ0) is 10.8. The van der Waals surface area contributed by atoms with Crippen molar-refractivity contribution in [2.24, 2.45) is 5.92 Å². The minimum atomic E-state index is -3.25. The molecule has 0 radical (unpaired) electrons. The molecule has 2 unspecified atom stereocenters. The summed E-state index contributed by atoms with van der Waals surface area (Å²) in [6.07, 6.45) is 3.41.